The molecular formula is C16H26N2O. The lowest BCUT2D eigenvalue weighted by atomic mass is 9.94. The number of carbonyl (C=O) groups excluding carboxylic acids is 1. The highest BCUT2D eigenvalue weighted by Gasteiger charge is 2.21. The van der Waals surface area contributed by atoms with Crippen molar-refractivity contribution in [2.45, 2.75) is 40.0 Å². The number of rotatable bonds is 4. The van der Waals surface area contributed by atoms with Crippen molar-refractivity contribution in [3.05, 3.63) is 23.0 Å². The first-order valence-corrected chi connectivity index (χ1v) is 7.41. The lowest BCUT2D eigenvalue weighted by Crippen LogP contribution is -2.37. The Morgan fingerprint density at radius 1 is 1.32 bits per heavy atom. The number of Topliss-reactive ketones (excluding diaryl/α,β-unsaturated/α-hetero) is 1. The Morgan fingerprint density at radius 3 is 2.42 bits per heavy atom. The van der Waals surface area contributed by atoms with Gasteiger partial charge in [-0.3, -0.25) is 9.69 Å². The van der Waals surface area contributed by atoms with Crippen molar-refractivity contribution < 1.29 is 4.79 Å². The van der Waals surface area contributed by atoms with Crippen molar-refractivity contribution in [1.29, 1.82) is 0 Å². The molecule has 0 aromatic carbocycles. The number of likely N-dealkylation sites (tertiary alicyclic amines) is 1. The Hall–Kier alpha value is -1.09. The number of nitrogens with zero attached hydrogens (tertiary/aromatic N) is 2. The molecule has 19 heavy (non-hydrogen) atoms. The molecule has 0 aliphatic carbocycles. The van der Waals surface area contributed by atoms with Crippen LogP contribution in [0.3, 0.4) is 0 Å². The SMILES string of the molecule is CCC1CCN(CC(=O)c2cc(C)n(C)c2C)CC1. The number of carbonyl (C=O) groups is 1. The van der Waals surface area contributed by atoms with Crippen LogP contribution in [0.15, 0.2) is 6.07 Å². The zero-order valence-corrected chi connectivity index (χ0v) is 12.7. The molecule has 0 unspecified atom stereocenters. The quantitative estimate of drug-likeness (QED) is 0.780. The Bertz CT molecular complexity index is 454. The van der Waals surface area contributed by atoms with E-state index in [0.29, 0.717) is 6.54 Å². The van der Waals surface area contributed by atoms with E-state index in [1.165, 1.54) is 19.3 Å². The summed E-state index contributed by atoms with van der Waals surface area (Å²) in [7, 11) is 2.02. The summed E-state index contributed by atoms with van der Waals surface area (Å²) >= 11 is 0. The second-order valence-electron chi connectivity index (χ2n) is 5.89. The molecule has 3 heteroatoms. The smallest absolute Gasteiger partial charge is 0.178 e. The fraction of sp³-hybridized carbons (Fsp3) is 0.688. The van der Waals surface area contributed by atoms with Crippen molar-refractivity contribution in [1.82, 2.24) is 9.47 Å². The second-order valence-corrected chi connectivity index (χ2v) is 5.89. The summed E-state index contributed by atoms with van der Waals surface area (Å²) in [6, 6.07) is 2.02. The van der Waals surface area contributed by atoms with Gasteiger partial charge in [0.1, 0.15) is 0 Å². The third kappa shape index (κ3) is 3.08. The minimum atomic E-state index is 0.274. The molecule has 0 bridgehead atoms. The highest BCUT2D eigenvalue weighted by Crippen LogP contribution is 2.21. The van der Waals surface area contributed by atoms with Gasteiger partial charge in [-0.1, -0.05) is 13.3 Å². The molecule has 2 rings (SSSR count). The van der Waals surface area contributed by atoms with E-state index in [1.54, 1.807) is 0 Å². The lowest BCUT2D eigenvalue weighted by Gasteiger charge is -2.30. The Kier molecular flexibility index (Phi) is 4.46. The van der Waals surface area contributed by atoms with Gasteiger partial charge < -0.3 is 4.57 Å². The zero-order valence-electron chi connectivity index (χ0n) is 12.7. The predicted octanol–water partition coefficient (Wildman–Crippen LogP) is 2.95. The van der Waals surface area contributed by atoms with Crippen LogP contribution in [0, 0.1) is 19.8 Å². The van der Waals surface area contributed by atoms with Crippen LogP contribution >= 0.6 is 0 Å². The van der Waals surface area contributed by atoms with E-state index in [-0.39, 0.29) is 5.78 Å². The van der Waals surface area contributed by atoms with Crippen molar-refractivity contribution in [2.24, 2.45) is 13.0 Å². The molecule has 0 N–H and O–H groups in total. The van der Waals surface area contributed by atoms with Gasteiger partial charge in [0.05, 0.1) is 6.54 Å². The largest absolute Gasteiger partial charge is 0.351 e. The van der Waals surface area contributed by atoms with Crippen LogP contribution < -0.4 is 0 Å². The van der Waals surface area contributed by atoms with Crippen LogP contribution in [-0.2, 0) is 7.05 Å². The van der Waals surface area contributed by atoms with E-state index in [9.17, 15) is 4.79 Å². The maximum absolute atomic E-state index is 12.4. The van der Waals surface area contributed by atoms with Gasteiger partial charge in [-0.25, -0.2) is 0 Å². The van der Waals surface area contributed by atoms with Crippen LogP contribution in [0.1, 0.15) is 47.9 Å². The molecule has 3 nitrogen and oxygen atoms in total. The summed E-state index contributed by atoms with van der Waals surface area (Å²) in [5, 5.41) is 0. The maximum Gasteiger partial charge on any atom is 0.178 e. The normalized spacial score (nSPS) is 17.9. The molecule has 1 saturated heterocycles. The first-order valence-electron chi connectivity index (χ1n) is 7.41. The van der Waals surface area contributed by atoms with E-state index in [1.807, 2.05) is 20.0 Å². The molecule has 106 valence electrons. The highest BCUT2D eigenvalue weighted by molar-refractivity contribution is 5.99. The average Bonchev–Trinajstić information content (AvgIpc) is 2.67. The van der Waals surface area contributed by atoms with Gasteiger partial charge in [0.25, 0.3) is 0 Å². The maximum atomic E-state index is 12.4. The number of aryl methyl sites for hydroxylation is 1. The Labute approximate surface area is 116 Å². The topological polar surface area (TPSA) is 25.2 Å². The fourth-order valence-corrected chi connectivity index (χ4v) is 2.98. The van der Waals surface area contributed by atoms with E-state index < -0.39 is 0 Å². The van der Waals surface area contributed by atoms with Crippen molar-refractivity contribution in [3.8, 4) is 0 Å². The van der Waals surface area contributed by atoms with Crippen LogP contribution in [0.5, 0.6) is 0 Å². The molecule has 2 heterocycles. The van der Waals surface area contributed by atoms with Gasteiger partial charge in [-0.2, -0.15) is 0 Å². The number of aromatic nitrogens is 1. The predicted molar refractivity (Wildman–Crippen MR) is 78.7 cm³/mol. The van der Waals surface area contributed by atoms with Gasteiger partial charge in [0.2, 0.25) is 0 Å². The first-order chi connectivity index (χ1) is 9.02. The number of piperidine rings is 1. The van der Waals surface area contributed by atoms with E-state index in [0.717, 1.165) is 36.0 Å². The zero-order chi connectivity index (χ0) is 14.0. The van der Waals surface area contributed by atoms with E-state index >= 15 is 0 Å². The van der Waals surface area contributed by atoms with E-state index in [4.69, 9.17) is 0 Å². The van der Waals surface area contributed by atoms with Crippen molar-refractivity contribution >= 4 is 5.78 Å². The third-order valence-corrected chi connectivity index (χ3v) is 4.73. The molecule has 1 aliphatic rings. The summed E-state index contributed by atoms with van der Waals surface area (Å²) in [6.45, 7) is 9.09. The summed E-state index contributed by atoms with van der Waals surface area (Å²) in [4.78, 5) is 14.7. The molecule has 0 atom stereocenters. The molecular weight excluding hydrogens is 236 g/mol. The monoisotopic (exact) mass is 262 g/mol. The van der Waals surface area contributed by atoms with Crippen molar-refractivity contribution in [3.63, 3.8) is 0 Å². The molecule has 0 radical (unpaired) electrons. The summed E-state index contributed by atoms with van der Waals surface area (Å²) in [6.07, 6.45) is 3.77. The minimum absolute atomic E-state index is 0.274. The van der Waals surface area contributed by atoms with Gasteiger partial charge in [-0.15, -0.1) is 0 Å². The molecule has 0 saturated carbocycles. The molecule has 0 amide bonds. The van der Waals surface area contributed by atoms with Crippen LogP contribution in [-0.4, -0.2) is 34.9 Å². The van der Waals surface area contributed by atoms with Gasteiger partial charge in [0.15, 0.2) is 5.78 Å². The Morgan fingerprint density at radius 2 is 1.95 bits per heavy atom. The van der Waals surface area contributed by atoms with Crippen LogP contribution in [0.4, 0.5) is 0 Å². The molecule has 1 aromatic rings. The third-order valence-electron chi connectivity index (χ3n) is 4.73. The Balaban J connectivity index is 1.96. The van der Waals surface area contributed by atoms with Gasteiger partial charge >= 0.3 is 0 Å². The average molecular weight is 262 g/mol. The number of hydrogen-bond acceptors (Lipinski definition) is 2. The van der Waals surface area contributed by atoms with Crippen LogP contribution in [0.25, 0.3) is 0 Å². The summed E-state index contributed by atoms with van der Waals surface area (Å²) < 4.78 is 2.09. The van der Waals surface area contributed by atoms with E-state index in [2.05, 4.69) is 23.3 Å². The number of hydrogen-bond donors (Lipinski definition) is 0. The first kappa shape index (κ1) is 14.3. The van der Waals surface area contributed by atoms with Gasteiger partial charge in [0, 0.05) is 24.0 Å². The molecule has 1 aliphatic heterocycles. The van der Waals surface area contributed by atoms with Crippen LogP contribution in [0.2, 0.25) is 0 Å². The summed E-state index contributed by atoms with van der Waals surface area (Å²) in [5.41, 5.74) is 3.15. The van der Waals surface area contributed by atoms with Crippen molar-refractivity contribution in [2.75, 3.05) is 19.6 Å². The molecule has 1 aromatic heterocycles. The molecule has 1 fully saturated rings. The molecule has 0 spiro atoms. The minimum Gasteiger partial charge on any atom is -0.351 e. The fourth-order valence-electron chi connectivity index (χ4n) is 2.98. The lowest BCUT2D eigenvalue weighted by molar-refractivity contribution is 0.0894. The highest BCUT2D eigenvalue weighted by atomic mass is 16.1. The second kappa shape index (κ2) is 5.91. The summed E-state index contributed by atoms with van der Waals surface area (Å²) in [5.74, 6) is 1.14. The number of ketones is 1. The van der Waals surface area contributed by atoms with Gasteiger partial charge in [-0.05, 0) is 51.8 Å². The standard InChI is InChI=1S/C16H26N2O/c1-5-14-6-8-18(9-7-14)11-16(19)15-10-12(2)17(4)13(15)3/h10,14H,5-9,11H2,1-4H3.